The lowest BCUT2D eigenvalue weighted by Gasteiger charge is -2.17. The highest BCUT2D eigenvalue weighted by Crippen LogP contribution is 2.30. The van der Waals surface area contributed by atoms with Crippen LogP contribution >= 0.6 is 11.6 Å². The van der Waals surface area contributed by atoms with E-state index in [1.807, 2.05) is 6.08 Å². The molecule has 0 spiro atoms. The van der Waals surface area contributed by atoms with Gasteiger partial charge in [-0.05, 0) is 31.2 Å². The molecule has 0 aliphatic heterocycles. The molecule has 0 amide bonds. The molecule has 2 nitrogen and oxygen atoms in total. The topological polar surface area (TPSA) is 32.3 Å². The summed E-state index contributed by atoms with van der Waals surface area (Å²) in [5.41, 5.74) is 0. The van der Waals surface area contributed by atoms with Crippen molar-refractivity contribution < 1.29 is 5.11 Å². The highest BCUT2D eigenvalue weighted by Gasteiger charge is 2.25. The molecule has 2 N–H and O–H groups in total. The molecule has 1 aliphatic carbocycles. The molecule has 2 unspecified atom stereocenters. The summed E-state index contributed by atoms with van der Waals surface area (Å²) in [6, 6.07) is 0. The Morgan fingerprint density at radius 1 is 1.29 bits per heavy atom. The average Bonchev–Trinajstić information content (AvgIpc) is 2.65. The molecular formula is C11H20ClNO. The molecular weight excluding hydrogens is 198 g/mol. The Balaban J connectivity index is 2.08. The van der Waals surface area contributed by atoms with Crippen LogP contribution in [0, 0.1) is 11.8 Å². The van der Waals surface area contributed by atoms with Crippen molar-refractivity contribution in [3.8, 4) is 0 Å². The van der Waals surface area contributed by atoms with Crippen LogP contribution in [-0.4, -0.2) is 30.7 Å². The van der Waals surface area contributed by atoms with Gasteiger partial charge < -0.3 is 10.4 Å². The van der Waals surface area contributed by atoms with E-state index >= 15 is 0 Å². The fraction of sp³-hybridized carbons (Fsp3) is 0.818. The first-order valence-electron chi connectivity index (χ1n) is 5.41. The zero-order valence-corrected chi connectivity index (χ0v) is 9.34. The minimum Gasteiger partial charge on any atom is -0.396 e. The summed E-state index contributed by atoms with van der Waals surface area (Å²) in [7, 11) is 0. The molecule has 1 saturated carbocycles. The molecule has 0 heterocycles. The van der Waals surface area contributed by atoms with Gasteiger partial charge >= 0.3 is 0 Å². The van der Waals surface area contributed by atoms with Gasteiger partial charge in [-0.15, -0.1) is 11.6 Å². The Kier molecular flexibility index (Phi) is 6.24. The molecule has 1 fully saturated rings. The third kappa shape index (κ3) is 3.99. The van der Waals surface area contributed by atoms with Gasteiger partial charge in [0.2, 0.25) is 0 Å². The Labute approximate surface area is 91.3 Å². The first-order chi connectivity index (χ1) is 6.88. The average molecular weight is 218 g/mol. The van der Waals surface area contributed by atoms with E-state index in [1.165, 1.54) is 19.3 Å². The normalized spacial score (nSPS) is 27.6. The Morgan fingerprint density at radius 3 is 2.79 bits per heavy atom. The lowest BCUT2D eigenvalue weighted by Crippen LogP contribution is -2.26. The largest absolute Gasteiger partial charge is 0.396 e. The molecule has 0 aromatic rings. The van der Waals surface area contributed by atoms with Gasteiger partial charge in [-0.2, -0.15) is 0 Å². The highest BCUT2D eigenvalue weighted by atomic mass is 35.5. The van der Waals surface area contributed by atoms with Gasteiger partial charge in [0.05, 0.1) is 0 Å². The van der Waals surface area contributed by atoms with Crippen LogP contribution in [0.2, 0.25) is 0 Å². The minimum atomic E-state index is 0.351. The maximum atomic E-state index is 9.12. The predicted octanol–water partition coefficient (Wildman–Crippen LogP) is 1.78. The van der Waals surface area contributed by atoms with E-state index in [2.05, 4.69) is 11.4 Å². The lowest BCUT2D eigenvalue weighted by molar-refractivity contribution is 0.193. The van der Waals surface area contributed by atoms with Gasteiger partial charge in [0.1, 0.15) is 0 Å². The van der Waals surface area contributed by atoms with E-state index in [0.717, 1.165) is 13.1 Å². The maximum Gasteiger partial charge on any atom is 0.0462 e. The van der Waals surface area contributed by atoms with Crippen LogP contribution < -0.4 is 5.32 Å². The SMILES string of the molecule is OCC1CCCC1CNC/C=C/CCl. The van der Waals surface area contributed by atoms with Crippen molar-refractivity contribution in [1.29, 1.82) is 0 Å². The Morgan fingerprint density at radius 2 is 2.07 bits per heavy atom. The van der Waals surface area contributed by atoms with Crippen LogP contribution in [0.4, 0.5) is 0 Å². The standard InChI is InChI=1S/C11H20ClNO/c12-6-1-2-7-13-8-10-4-3-5-11(10)9-14/h1-2,10-11,13-14H,3-9H2/b2-1+. The zero-order chi connectivity index (χ0) is 10.2. The molecule has 0 radical (unpaired) electrons. The summed E-state index contributed by atoms with van der Waals surface area (Å²) >= 11 is 5.51. The summed E-state index contributed by atoms with van der Waals surface area (Å²) in [6.07, 6.45) is 7.73. The molecule has 0 aromatic heterocycles. The Hall–Kier alpha value is -0.0500. The number of hydrogen-bond acceptors (Lipinski definition) is 2. The first-order valence-corrected chi connectivity index (χ1v) is 5.94. The van der Waals surface area contributed by atoms with Crippen molar-refractivity contribution in [3.63, 3.8) is 0 Å². The van der Waals surface area contributed by atoms with Gasteiger partial charge in [0.25, 0.3) is 0 Å². The Bertz CT molecular complexity index is 173. The van der Waals surface area contributed by atoms with E-state index < -0.39 is 0 Å². The number of halogens is 1. The molecule has 2 atom stereocenters. The molecule has 1 aliphatic rings. The fourth-order valence-electron chi connectivity index (χ4n) is 2.12. The number of aliphatic hydroxyl groups excluding tert-OH is 1. The monoisotopic (exact) mass is 217 g/mol. The second-order valence-electron chi connectivity index (χ2n) is 3.92. The lowest BCUT2D eigenvalue weighted by atomic mass is 9.97. The van der Waals surface area contributed by atoms with Gasteiger partial charge in [-0.25, -0.2) is 0 Å². The van der Waals surface area contributed by atoms with E-state index in [9.17, 15) is 0 Å². The van der Waals surface area contributed by atoms with Crippen molar-refractivity contribution in [3.05, 3.63) is 12.2 Å². The fourth-order valence-corrected chi connectivity index (χ4v) is 2.25. The first kappa shape index (κ1) is 12.0. The summed E-state index contributed by atoms with van der Waals surface area (Å²) in [4.78, 5) is 0. The predicted molar refractivity (Wildman–Crippen MR) is 60.6 cm³/mol. The molecule has 14 heavy (non-hydrogen) atoms. The van der Waals surface area contributed by atoms with Crippen LogP contribution in [0.1, 0.15) is 19.3 Å². The van der Waals surface area contributed by atoms with Crippen molar-refractivity contribution in [1.82, 2.24) is 5.32 Å². The molecule has 3 heteroatoms. The number of allylic oxidation sites excluding steroid dienone is 1. The van der Waals surface area contributed by atoms with Gasteiger partial charge in [-0.1, -0.05) is 18.6 Å². The molecule has 0 saturated heterocycles. The smallest absolute Gasteiger partial charge is 0.0462 e. The van der Waals surface area contributed by atoms with Crippen LogP contribution in [0.15, 0.2) is 12.2 Å². The molecule has 0 bridgehead atoms. The summed E-state index contributed by atoms with van der Waals surface area (Å²) in [5, 5.41) is 12.5. The van der Waals surface area contributed by atoms with Crippen molar-refractivity contribution in [2.24, 2.45) is 11.8 Å². The highest BCUT2D eigenvalue weighted by molar-refractivity contribution is 6.18. The zero-order valence-electron chi connectivity index (χ0n) is 8.58. The number of rotatable bonds is 6. The minimum absolute atomic E-state index is 0.351. The van der Waals surface area contributed by atoms with Crippen molar-refractivity contribution in [2.75, 3.05) is 25.6 Å². The molecule has 1 rings (SSSR count). The van der Waals surface area contributed by atoms with E-state index in [4.69, 9.17) is 16.7 Å². The van der Waals surface area contributed by atoms with Crippen LogP contribution in [0.25, 0.3) is 0 Å². The number of alkyl halides is 1. The summed E-state index contributed by atoms with van der Waals surface area (Å²) in [5.74, 6) is 1.79. The number of nitrogens with one attached hydrogen (secondary N) is 1. The summed E-state index contributed by atoms with van der Waals surface area (Å²) in [6.45, 7) is 2.27. The third-order valence-corrected chi connectivity index (χ3v) is 3.15. The van der Waals surface area contributed by atoms with Crippen LogP contribution in [0.5, 0.6) is 0 Å². The second-order valence-corrected chi connectivity index (χ2v) is 4.23. The number of hydrogen-bond donors (Lipinski definition) is 2. The van der Waals surface area contributed by atoms with Gasteiger partial charge in [0, 0.05) is 19.0 Å². The van der Waals surface area contributed by atoms with E-state index in [0.29, 0.717) is 24.3 Å². The van der Waals surface area contributed by atoms with Crippen LogP contribution in [0.3, 0.4) is 0 Å². The second kappa shape index (κ2) is 7.27. The van der Waals surface area contributed by atoms with E-state index in [-0.39, 0.29) is 0 Å². The molecule has 0 aromatic carbocycles. The summed E-state index contributed by atoms with van der Waals surface area (Å²) < 4.78 is 0. The number of aliphatic hydroxyl groups is 1. The molecule has 82 valence electrons. The van der Waals surface area contributed by atoms with Crippen molar-refractivity contribution in [2.45, 2.75) is 19.3 Å². The van der Waals surface area contributed by atoms with Gasteiger partial charge in [0.15, 0.2) is 0 Å². The van der Waals surface area contributed by atoms with Crippen molar-refractivity contribution >= 4 is 11.6 Å². The van der Waals surface area contributed by atoms with Gasteiger partial charge in [-0.3, -0.25) is 0 Å². The third-order valence-electron chi connectivity index (χ3n) is 2.98. The quantitative estimate of drug-likeness (QED) is 0.404. The maximum absolute atomic E-state index is 9.12. The van der Waals surface area contributed by atoms with Crippen LogP contribution in [-0.2, 0) is 0 Å². The van der Waals surface area contributed by atoms with E-state index in [1.54, 1.807) is 0 Å².